The van der Waals surface area contributed by atoms with Gasteiger partial charge in [0.2, 0.25) is 0 Å². The van der Waals surface area contributed by atoms with Crippen molar-refractivity contribution in [1.29, 1.82) is 0 Å². The second-order valence-electron chi connectivity index (χ2n) is 5.21. The highest BCUT2D eigenvalue weighted by Crippen LogP contribution is 2.12. The second-order valence-corrected chi connectivity index (χ2v) is 5.21. The molecule has 18 heavy (non-hydrogen) atoms. The lowest BCUT2D eigenvalue weighted by Gasteiger charge is -2.27. The Balaban J connectivity index is 2.22. The molecule has 2 atom stereocenters. The molecule has 2 unspecified atom stereocenters. The van der Waals surface area contributed by atoms with Crippen molar-refractivity contribution in [2.45, 2.75) is 32.7 Å². The number of hydrogen-bond donors (Lipinski definition) is 1. The van der Waals surface area contributed by atoms with Crippen molar-refractivity contribution < 1.29 is 9.47 Å². The lowest BCUT2D eigenvalue weighted by Crippen LogP contribution is -2.42. The first-order chi connectivity index (χ1) is 8.77. The molecule has 0 amide bonds. The predicted molar refractivity (Wildman–Crippen MR) is 75.0 cm³/mol. The van der Waals surface area contributed by atoms with Gasteiger partial charge in [0.25, 0.3) is 0 Å². The summed E-state index contributed by atoms with van der Waals surface area (Å²) >= 11 is 0. The van der Waals surface area contributed by atoms with Gasteiger partial charge >= 0.3 is 0 Å². The maximum atomic E-state index is 5.55. The van der Waals surface area contributed by atoms with Crippen molar-refractivity contribution in [3.05, 3.63) is 0 Å². The van der Waals surface area contributed by atoms with Crippen LogP contribution in [-0.2, 0) is 9.47 Å². The van der Waals surface area contributed by atoms with Gasteiger partial charge in [-0.25, -0.2) is 0 Å². The minimum atomic E-state index is 0.636. The van der Waals surface area contributed by atoms with E-state index in [1.165, 1.54) is 19.4 Å². The van der Waals surface area contributed by atoms with Crippen molar-refractivity contribution in [3.63, 3.8) is 0 Å². The Morgan fingerprint density at radius 2 is 2.17 bits per heavy atom. The second kappa shape index (κ2) is 9.73. The topological polar surface area (TPSA) is 33.7 Å². The average molecular weight is 258 g/mol. The molecule has 1 saturated heterocycles. The van der Waals surface area contributed by atoms with Crippen LogP contribution in [0.25, 0.3) is 0 Å². The van der Waals surface area contributed by atoms with Crippen LogP contribution < -0.4 is 5.32 Å². The molecular formula is C14H30N2O2. The lowest BCUT2D eigenvalue weighted by atomic mass is 9.99. The van der Waals surface area contributed by atoms with Crippen LogP contribution in [0.5, 0.6) is 0 Å². The molecule has 0 spiro atoms. The van der Waals surface area contributed by atoms with E-state index in [0.29, 0.717) is 19.3 Å². The van der Waals surface area contributed by atoms with Gasteiger partial charge in [-0.2, -0.15) is 0 Å². The Bertz CT molecular complexity index is 202. The molecule has 4 nitrogen and oxygen atoms in total. The Morgan fingerprint density at radius 1 is 1.33 bits per heavy atom. The molecule has 1 rings (SSSR count). The molecular weight excluding hydrogens is 228 g/mol. The zero-order chi connectivity index (χ0) is 13.2. The van der Waals surface area contributed by atoms with Crippen LogP contribution in [0.1, 0.15) is 26.7 Å². The Hall–Kier alpha value is -0.160. The summed E-state index contributed by atoms with van der Waals surface area (Å²) in [7, 11) is 1.71. The van der Waals surface area contributed by atoms with Crippen LogP contribution in [0.3, 0.4) is 0 Å². The Morgan fingerprint density at radius 3 is 2.89 bits per heavy atom. The Labute approximate surface area is 112 Å². The van der Waals surface area contributed by atoms with E-state index in [1.54, 1.807) is 7.11 Å². The van der Waals surface area contributed by atoms with E-state index in [9.17, 15) is 0 Å². The van der Waals surface area contributed by atoms with Crippen molar-refractivity contribution in [2.24, 2.45) is 5.92 Å². The number of nitrogens with one attached hydrogen (secondary N) is 1. The van der Waals surface area contributed by atoms with Gasteiger partial charge < -0.3 is 14.8 Å². The van der Waals surface area contributed by atoms with Gasteiger partial charge in [-0.1, -0.05) is 20.3 Å². The SMILES string of the molecule is CCC(C)C1CN(CCOCCOC)CCCN1. The molecule has 1 aliphatic heterocycles. The predicted octanol–water partition coefficient (Wildman–Crippen LogP) is 1.36. The van der Waals surface area contributed by atoms with Crippen LogP contribution in [0.15, 0.2) is 0 Å². The minimum Gasteiger partial charge on any atom is -0.382 e. The number of ether oxygens (including phenoxy) is 2. The van der Waals surface area contributed by atoms with E-state index in [0.717, 1.165) is 32.2 Å². The molecule has 1 heterocycles. The molecule has 0 bridgehead atoms. The smallest absolute Gasteiger partial charge is 0.0700 e. The summed E-state index contributed by atoms with van der Waals surface area (Å²) in [5, 5.41) is 3.67. The molecule has 1 N–H and O–H groups in total. The molecule has 4 heteroatoms. The highest BCUT2D eigenvalue weighted by atomic mass is 16.5. The van der Waals surface area contributed by atoms with Gasteiger partial charge in [0.15, 0.2) is 0 Å². The largest absolute Gasteiger partial charge is 0.382 e. The lowest BCUT2D eigenvalue weighted by molar-refractivity contribution is 0.0561. The zero-order valence-electron chi connectivity index (χ0n) is 12.3. The van der Waals surface area contributed by atoms with Crippen molar-refractivity contribution in [3.8, 4) is 0 Å². The van der Waals surface area contributed by atoms with Crippen molar-refractivity contribution >= 4 is 0 Å². The fourth-order valence-corrected chi connectivity index (χ4v) is 2.33. The van der Waals surface area contributed by atoms with Gasteiger partial charge in [-0.15, -0.1) is 0 Å². The highest BCUT2D eigenvalue weighted by molar-refractivity contribution is 4.80. The van der Waals surface area contributed by atoms with Crippen LogP contribution in [-0.4, -0.2) is 64.1 Å². The third-order valence-electron chi connectivity index (χ3n) is 3.83. The molecule has 0 radical (unpaired) electrons. The molecule has 0 saturated carbocycles. The van der Waals surface area contributed by atoms with E-state index in [2.05, 4.69) is 24.1 Å². The van der Waals surface area contributed by atoms with Crippen LogP contribution >= 0.6 is 0 Å². The molecule has 1 aliphatic rings. The summed E-state index contributed by atoms with van der Waals surface area (Å²) in [6.45, 7) is 11.4. The first kappa shape index (κ1) is 15.9. The number of nitrogens with zero attached hydrogens (tertiary/aromatic N) is 1. The standard InChI is InChI=1S/C14H30N2O2/c1-4-13(2)14-12-16(7-5-6-15-14)8-9-18-11-10-17-3/h13-15H,4-12H2,1-3H3. The quantitative estimate of drug-likeness (QED) is 0.667. The van der Waals surface area contributed by atoms with Gasteiger partial charge in [-0.3, -0.25) is 4.90 Å². The maximum Gasteiger partial charge on any atom is 0.0700 e. The van der Waals surface area contributed by atoms with Gasteiger partial charge in [-0.05, 0) is 25.4 Å². The minimum absolute atomic E-state index is 0.636. The summed E-state index contributed by atoms with van der Waals surface area (Å²) in [5.41, 5.74) is 0. The van der Waals surface area contributed by atoms with Crippen LogP contribution in [0.2, 0.25) is 0 Å². The molecule has 0 aromatic heterocycles. The van der Waals surface area contributed by atoms with Crippen LogP contribution in [0.4, 0.5) is 0 Å². The zero-order valence-corrected chi connectivity index (χ0v) is 12.3. The molecule has 1 fully saturated rings. The molecule has 0 aromatic rings. The van der Waals surface area contributed by atoms with E-state index in [4.69, 9.17) is 9.47 Å². The summed E-state index contributed by atoms with van der Waals surface area (Å²) in [4.78, 5) is 2.53. The van der Waals surface area contributed by atoms with E-state index >= 15 is 0 Å². The fourth-order valence-electron chi connectivity index (χ4n) is 2.33. The first-order valence-electron chi connectivity index (χ1n) is 7.30. The molecule has 108 valence electrons. The normalized spacial score (nSPS) is 23.8. The van der Waals surface area contributed by atoms with Crippen molar-refractivity contribution in [2.75, 3.05) is 53.1 Å². The number of methoxy groups -OCH3 is 1. The first-order valence-corrected chi connectivity index (χ1v) is 7.30. The third kappa shape index (κ3) is 6.14. The summed E-state index contributed by atoms with van der Waals surface area (Å²) in [6.07, 6.45) is 2.49. The van der Waals surface area contributed by atoms with Gasteiger partial charge in [0, 0.05) is 26.2 Å². The third-order valence-corrected chi connectivity index (χ3v) is 3.83. The van der Waals surface area contributed by atoms with E-state index in [1.807, 2.05) is 0 Å². The molecule has 0 aliphatic carbocycles. The fraction of sp³-hybridized carbons (Fsp3) is 1.00. The highest BCUT2D eigenvalue weighted by Gasteiger charge is 2.21. The van der Waals surface area contributed by atoms with E-state index in [-0.39, 0.29) is 0 Å². The monoisotopic (exact) mass is 258 g/mol. The maximum absolute atomic E-state index is 5.55. The summed E-state index contributed by atoms with van der Waals surface area (Å²) < 4.78 is 10.5. The van der Waals surface area contributed by atoms with E-state index < -0.39 is 0 Å². The summed E-state index contributed by atoms with van der Waals surface area (Å²) in [6, 6.07) is 0.636. The van der Waals surface area contributed by atoms with Gasteiger partial charge in [0.05, 0.1) is 19.8 Å². The Kier molecular flexibility index (Phi) is 8.59. The number of rotatable bonds is 8. The number of hydrogen-bond acceptors (Lipinski definition) is 4. The average Bonchev–Trinajstić information content (AvgIpc) is 2.63. The van der Waals surface area contributed by atoms with Crippen LogP contribution in [0, 0.1) is 5.92 Å². The molecule has 0 aromatic carbocycles. The summed E-state index contributed by atoms with van der Waals surface area (Å²) in [5.74, 6) is 0.750. The van der Waals surface area contributed by atoms with Gasteiger partial charge in [0.1, 0.15) is 0 Å². The van der Waals surface area contributed by atoms with Crippen molar-refractivity contribution in [1.82, 2.24) is 10.2 Å².